The van der Waals surface area contributed by atoms with Crippen molar-refractivity contribution >= 4 is 17.2 Å². The van der Waals surface area contributed by atoms with E-state index in [0.29, 0.717) is 23.1 Å². The molecule has 30 heavy (non-hydrogen) atoms. The van der Waals surface area contributed by atoms with Gasteiger partial charge in [0.25, 0.3) is 0 Å². The summed E-state index contributed by atoms with van der Waals surface area (Å²) in [6.07, 6.45) is 5.98. The third-order valence-electron chi connectivity index (χ3n) is 5.38. The lowest BCUT2D eigenvalue weighted by Gasteiger charge is -2.28. The first kappa shape index (κ1) is 19.9. The Balaban J connectivity index is 1.69. The Hall–Kier alpha value is -3.38. The molecule has 2 aromatic carbocycles. The van der Waals surface area contributed by atoms with Crippen molar-refractivity contribution in [1.82, 2.24) is 14.9 Å². The lowest BCUT2D eigenvalue weighted by atomic mass is 9.90. The molecule has 1 fully saturated rings. The second-order valence-electron chi connectivity index (χ2n) is 7.70. The zero-order valence-corrected chi connectivity index (χ0v) is 17.2. The SMILES string of the molecule is CN1CCC[C@@H](/C=C(/c2ccc(Oc3ccccc3)cc2)c2c(N)ncnc2N)C1. The Morgan fingerprint density at radius 3 is 2.33 bits per heavy atom. The highest BCUT2D eigenvalue weighted by Crippen LogP contribution is 2.34. The van der Waals surface area contributed by atoms with E-state index in [0.717, 1.165) is 42.1 Å². The monoisotopic (exact) mass is 401 g/mol. The van der Waals surface area contributed by atoms with Crippen LogP contribution in [0.25, 0.3) is 5.57 Å². The number of para-hydroxylation sites is 1. The summed E-state index contributed by atoms with van der Waals surface area (Å²) in [4.78, 5) is 10.7. The molecule has 1 aliphatic rings. The van der Waals surface area contributed by atoms with Gasteiger partial charge in [0.2, 0.25) is 0 Å². The number of anilines is 2. The Kier molecular flexibility index (Phi) is 5.95. The van der Waals surface area contributed by atoms with Crippen molar-refractivity contribution < 1.29 is 4.74 Å². The van der Waals surface area contributed by atoms with Crippen LogP contribution in [-0.2, 0) is 0 Å². The quantitative estimate of drug-likeness (QED) is 0.666. The number of hydrogen-bond donors (Lipinski definition) is 2. The fraction of sp³-hybridized carbons (Fsp3) is 0.250. The van der Waals surface area contributed by atoms with Crippen molar-refractivity contribution in [3.8, 4) is 11.5 Å². The van der Waals surface area contributed by atoms with E-state index >= 15 is 0 Å². The van der Waals surface area contributed by atoms with E-state index in [4.69, 9.17) is 16.2 Å². The first-order valence-electron chi connectivity index (χ1n) is 10.2. The Labute approximate surface area is 177 Å². The number of nitrogens with two attached hydrogens (primary N) is 2. The molecule has 0 radical (unpaired) electrons. The first-order valence-corrected chi connectivity index (χ1v) is 10.2. The lowest BCUT2D eigenvalue weighted by Crippen LogP contribution is -2.31. The molecule has 0 spiro atoms. The predicted octanol–water partition coefficient (Wildman–Crippen LogP) is 4.21. The molecule has 4 rings (SSSR count). The van der Waals surface area contributed by atoms with Gasteiger partial charge in [-0.2, -0.15) is 0 Å². The number of nitrogen functional groups attached to an aromatic ring is 2. The van der Waals surface area contributed by atoms with Gasteiger partial charge in [0.1, 0.15) is 29.5 Å². The van der Waals surface area contributed by atoms with E-state index < -0.39 is 0 Å². The van der Waals surface area contributed by atoms with E-state index in [1.807, 2.05) is 54.6 Å². The summed E-state index contributed by atoms with van der Waals surface area (Å²) in [5.74, 6) is 2.77. The number of likely N-dealkylation sites (tertiary alicyclic amines) is 1. The number of rotatable bonds is 5. The summed E-state index contributed by atoms with van der Waals surface area (Å²) in [6.45, 7) is 2.14. The van der Waals surface area contributed by atoms with Gasteiger partial charge in [-0.05, 0) is 67.8 Å². The van der Waals surface area contributed by atoms with Crippen LogP contribution in [0.1, 0.15) is 24.0 Å². The van der Waals surface area contributed by atoms with Crippen molar-refractivity contribution in [3.63, 3.8) is 0 Å². The van der Waals surface area contributed by atoms with E-state index in [-0.39, 0.29) is 0 Å². The molecule has 4 N–H and O–H groups in total. The van der Waals surface area contributed by atoms with Gasteiger partial charge in [-0.1, -0.05) is 36.4 Å². The maximum Gasteiger partial charge on any atom is 0.136 e. The summed E-state index contributed by atoms with van der Waals surface area (Å²) in [5.41, 5.74) is 15.1. The Morgan fingerprint density at radius 1 is 1.00 bits per heavy atom. The van der Waals surface area contributed by atoms with E-state index in [1.165, 1.54) is 12.7 Å². The molecule has 6 heteroatoms. The minimum atomic E-state index is 0.391. The Bertz CT molecular complexity index is 997. The van der Waals surface area contributed by atoms with Crippen LogP contribution in [0.2, 0.25) is 0 Å². The van der Waals surface area contributed by atoms with Crippen molar-refractivity contribution in [2.24, 2.45) is 5.92 Å². The van der Waals surface area contributed by atoms with Crippen molar-refractivity contribution in [1.29, 1.82) is 0 Å². The van der Waals surface area contributed by atoms with Gasteiger partial charge < -0.3 is 21.1 Å². The van der Waals surface area contributed by atoms with Gasteiger partial charge in [-0.3, -0.25) is 0 Å². The van der Waals surface area contributed by atoms with Crippen LogP contribution < -0.4 is 16.2 Å². The summed E-state index contributed by atoms with van der Waals surface area (Å²) in [7, 11) is 2.16. The summed E-state index contributed by atoms with van der Waals surface area (Å²) >= 11 is 0. The third-order valence-corrected chi connectivity index (χ3v) is 5.38. The zero-order valence-electron chi connectivity index (χ0n) is 17.2. The molecule has 3 aromatic rings. The smallest absolute Gasteiger partial charge is 0.136 e. The standard InChI is InChI=1S/C24H27N5O/c1-29-13-5-6-17(15-29)14-21(22-23(25)27-16-28-24(22)26)18-9-11-20(12-10-18)30-19-7-3-2-4-8-19/h2-4,7-12,14,16-17H,5-6,13,15H2,1H3,(H4,25,26,27,28)/b21-14-/t17-/m0/s1. The van der Waals surface area contributed by atoms with Gasteiger partial charge in [0, 0.05) is 6.54 Å². The van der Waals surface area contributed by atoms with Gasteiger partial charge in [-0.15, -0.1) is 0 Å². The molecule has 0 saturated carbocycles. The number of aromatic nitrogens is 2. The minimum Gasteiger partial charge on any atom is -0.457 e. The fourth-order valence-corrected chi connectivity index (χ4v) is 3.92. The summed E-state index contributed by atoms with van der Waals surface area (Å²) in [6, 6.07) is 17.7. The molecule has 1 aromatic heterocycles. The average Bonchev–Trinajstić information content (AvgIpc) is 2.74. The maximum atomic E-state index is 6.22. The number of hydrogen-bond acceptors (Lipinski definition) is 6. The van der Waals surface area contributed by atoms with Gasteiger partial charge >= 0.3 is 0 Å². The molecule has 6 nitrogen and oxygen atoms in total. The molecule has 1 saturated heterocycles. The molecular formula is C24H27N5O. The molecule has 1 atom stereocenters. The van der Waals surface area contributed by atoms with Gasteiger partial charge in [0.05, 0.1) is 5.56 Å². The van der Waals surface area contributed by atoms with Crippen LogP contribution >= 0.6 is 0 Å². The van der Waals surface area contributed by atoms with Crippen molar-refractivity contribution in [2.45, 2.75) is 12.8 Å². The summed E-state index contributed by atoms with van der Waals surface area (Å²) < 4.78 is 5.93. The van der Waals surface area contributed by atoms with Gasteiger partial charge in [0.15, 0.2) is 0 Å². The molecule has 154 valence electrons. The molecule has 0 aliphatic carbocycles. The molecule has 0 amide bonds. The molecule has 1 aliphatic heterocycles. The van der Waals surface area contributed by atoms with Crippen molar-refractivity contribution in [3.05, 3.63) is 78.1 Å². The predicted molar refractivity (Wildman–Crippen MR) is 121 cm³/mol. The molecule has 0 bridgehead atoms. The van der Waals surface area contributed by atoms with Crippen molar-refractivity contribution in [2.75, 3.05) is 31.6 Å². The molecule has 2 heterocycles. The normalized spacial score (nSPS) is 17.6. The second-order valence-corrected chi connectivity index (χ2v) is 7.70. The number of piperidine rings is 1. The largest absolute Gasteiger partial charge is 0.457 e. The van der Waals surface area contributed by atoms with Crippen LogP contribution in [0.5, 0.6) is 11.5 Å². The minimum absolute atomic E-state index is 0.391. The molecular weight excluding hydrogens is 374 g/mol. The Morgan fingerprint density at radius 2 is 1.67 bits per heavy atom. The average molecular weight is 402 g/mol. The van der Waals surface area contributed by atoms with Crippen LogP contribution in [-0.4, -0.2) is 35.0 Å². The highest BCUT2D eigenvalue weighted by Gasteiger charge is 2.20. The van der Waals surface area contributed by atoms with E-state index in [9.17, 15) is 0 Å². The maximum absolute atomic E-state index is 6.22. The molecule has 0 unspecified atom stereocenters. The fourth-order valence-electron chi connectivity index (χ4n) is 3.92. The van der Waals surface area contributed by atoms with Crippen LogP contribution in [0.4, 0.5) is 11.6 Å². The second kappa shape index (κ2) is 8.97. The number of ether oxygens (including phenoxy) is 1. The van der Waals surface area contributed by atoms with E-state index in [1.54, 1.807) is 0 Å². The van der Waals surface area contributed by atoms with Crippen LogP contribution in [0.3, 0.4) is 0 Å². The highest BCUT2D eigenvalue weighted by atomic mass is 16.5. The summed E-state index contributed by atoms with van der Waals surface area (Å²) in [5, 5.41) is 0. The lowest BCUT2D eigenvalue weighted by molar-refractivity contribution is 0.238. The first-order chi connectivity index (χ1) is 14.6. The van der Waals surface area contributed by atoms with Crippen LogP contribution in [0.15, 0.2) is 67.0 Å². The third kappa shape index (κ3) is 4.60. The van der Waals surface area contributed by atoms with Crippen LogP contribution in [0, 0.1) is 5.92 Å². The zero-order chi connectivity index (χ0) is 20.9. The van der Waals surface area contributed by atoms with E-state index in [2.05, 4.69) is 28.0 Å². The number of benzene rings is 2. The van der Waals surface area contributed by atoms with Gasteiger partial charge in [-0.25, -0.2) is 9.97 Å². The number of nitrogens with zero attached hydrogens (tertiary/aromatic N) is 3. The topological polar surface area (TPSA) is 90.3 Å². The highest BCUT2D eigenvalue weighted by molar-refractivity contribution is 5.89.